The number of nitrogens with zero attached hydrogens (tertiary/aromatic N) is 1. The van der Waals surface area contributed by atoms with Crippen molar-refractivity contribution >= 4 is 15.9 Å². The lowest BCUT2D eigenvalue weighted by molar-refractivity contribution is -0.166. The first-order valence-electron chi connectivity index (χ1n) is 8.45. The highest BCUT2D eigenvalue weighted by Gasteiger charge is 2.40. The number of rotatable bonds is 5. The summed E-state index contributed by atoms with van der Waals surface area (Å²) in [5.41, 5.74) is 1.88. The largest absolute Gasteiger partial charge is 0.493 e. The molecule has 0 spiro atoms. The van der Waals surface area contributed by atoms with Gasteiger partial charge in [-0.2, -0.15) is 5.06 Å². The Morgan fingerprint density at radius 3 is 2.52 bits per heavy atom. The Kier molecular flexibility index (Phi) is 5.37. The maximum atomic E-state index is 10.6. The van der Waals surface area contributed by atoms with E-state index < -0.39 is 0 Å². The van der Waals surface area contributed by atoms with E-state index in [1.807, 2.05) is 42.5 Å². The lowest BCUT2D eigenvalue weighted by Crippen LogP contribution is -2.36. The second-order valence-electron chi connectivity index (χ2n) is 7.01. The van der Waals surface area contributed by atoms with Crippen LogP contribution in [0, 0.1) is 0 Å². The van der Waals surface area contributed by atoms with E-state index >= 15 is 0 Å². The SMILES string of the molecule is COc1cc(Br)c([C@@H]2CCC(C)(C)N2O)cc1OCc1ccccc1. The molecule has 4 nitrogen and oxygen atoms in total. The van der Waals surface area contributed by atoms with Gasteiger partial charge in [0.2, 0.25) is 0 Å². The highest BCUT2D eigenvalue weighted by Crippen LogP contribution is 2.45. The molecule has 0 aliphatic carbocycles. The molecule has 0 saturated carbocycles. The first kappa shape index (κ1) is 18.2. The van der Waals surface area contributed by atoms with Gasteiger partial charge in [0.15, 0.2) is 11.5 Å². The van der Waals surface area contributed by atoms with Crippen molar-refractivity contribution in [2.75, 3.05) is 7.11 Å². The number of ether oxygens (including phenoxy) is 2. The van der Waals surface area contributed by atoms with Gasteiger partial charge in [0.05, 0.1) is 13.2 Å². The summed E-state index contributed by atoms with van der Waals surface area (Å²) in [6.45, 7) is 4.58. The predicted octanol–water partition coefficient (Wildman–Crippen LogP) is 5.34. The zero-order chi connectivity index (χ0) is 18.0. The van der Waals surface area contributed by atoms with E-state index in [9.17, 15) is 5.21 Å². The summed E-state index contributed by atoms with van der Waals surface area (Å²) in [5, 5.41) is 12.0. The molecule has 25 heavy (non-hydrogen) atoms. The Bertz CT molecular complexity index is 733. The molecule has 0 radical (unpaired) electrons. The van der Waals surface area contributed by atoms with Crippen LogP contribution in [-0.2, 0) is 6.61 Å². The van der Waals surface area contributed by atoms with Crippen molar-refractivity contribution in [3.8, 4) is 11.5 Å². The fourth-order valence-electron chi connectivity index (χ4n) is 3.25. The van der Waals surface area contributed by atoms with Crippen LogP contribution in [0.5, 0.6) is 11.5 Å². The molecule has 3 rings (SSSR count). The Morgan fingerprint density at radius 1 is 1.20 bits per heavy atom. The number of methoxy groups -OCH3 is 1. The third kappa shape index (κ3) is 3.84. The predicted molar refractivity (Wildman–Crippen MR) is 101 cm³/mol. The van der Waals surface area contributed by atoms with E-state index in [1.165, 1.54) is 5.06 Å². The van der Waals surface area contributed by atoms with Crippen LogP contribution in [0.1, 0.15) is 43.9 Å². The maximum Gasteiger partial charge on any atom is 0.162 e. The van der Waals surface area contributed by atoms with Crippen LogP contribution >= 0.6 is 15.9 Å². The second-order valence-corrected chi connectivity index (χ2v) is 7.86. The second kappa shape index (κ2) is 7.36. The highest BCUT2D eigenvalue weighted by molar-refractivity contribution is 9.10. The molecule has 1 heterocycles. The van der Waals surface area contributed by atoms with Crippen molar-refractivity contribution in [2.24, 2.45) is 0 Å². The minimum Gasteiger partial charge on any atom is -0.493 e. The van der Waals surface area contributed by atoms with Crippen molar-refractivity contribution in [1.82, 2.24) is 5.06 Å². The summed E-state index contributed by atoms with van der Waals surface area (Å²) < 4.78 is 12.4. The van der Waals surface area contributed by atoms with E-state index in [2.05, 4.69) is 29.8 Å². The molecule has 134 valence electrons. The Balaban J connectivity index is 1.88. The monoisotopic (exact) mass is 405 g/mol. The molecular weight excluding hydrogens is 382 g/mol. The number of hydrogen-bond donors (Lipinski definition) is 1. The molecule has 5 heteroatoms. The molecule has 1 aliphatic rings. The van der Waals surface area contributed by atoms with Gasteiger partial charge in [0, 0.05) is 10.0 Å². The summed E-state index contributed by atoms with van der Waals surface area (Å²) in [4.78, 5) is 0. The smallest absolute Gasteiger partial charge is 0.162 e. The number of hydroxylamine groups is 2. The summed E-state index contributed by atoms with van der Waals surface area (Å²) in [5.74, 6) is 1.36. The Labute approximate surface area is 157 Å². The van der Waals surface area contributed by atoms with Crippen molar-refractivity contribution in [3.63, 3.8) is 0 Å². The Morgan fingerprint density at radius 2 is 1.92 bits per heavy atom. The van der Waals surface area contributed by atoms with Crippen molar-refractivity contribution in [1.29, 1.82) is 0 Å². The van der Waals surface area contributed by atoms with Gasteiger partial charge in [-0.25, -0.2) is 0 Å². The summed E-state index contributed by atoms with van der Waals surface area (Å²) in [7, 11) is 1.63. The fraction of sp³-hybridized carbons (Fsp3) is 0.400. The van der Waals surface area contributed by atoms with E-state index in [1.54, 1.807) is 7.11 Å². The van der Waals surface area contributed by atoms with Crippen LogP contribution in [0.25, 0.3) is 0 Å². The number of hydrogen-bond acceptors (Lipinski definition) is 4. The van der Waals surface area contributed by atoms with Crippen molar-refractivity contribution in [3.05, 3.63) is 58.1 Å². The lowest BCUT2D eigenvalue weighted by Gasteiger charge is -2.30. The van der Waals surface area contributed by atoms with Gasteiger partial charge < -0.3 is 14.7 Å². The first-order chi connectivity index (χ1) is 11.9. The molecular formula is C20H24BrNO3. The zero-order valence-electron chi connectivity index (χ0n) is 14.8. The van der Waals surface area contributed by atoms with Gasteiger partial charge in [-0.3, -0.25) is 0 Å². The van der Waals surface area contributed by atoms with Gasteiger partial charge in [0.1, 0.15) is 6.61 Å². The molecule has 1 atom stereocenters. The molecule has 0 bridgehead atoms. The summed E-state index contributed by atoms with van der Waals surface area (Å²) >= 11 is 3.62. The van der Waals surface area contributed by atoms with Crippen molar-refractivity contribution in [2.45, 2.75) is 44.9 Å². The zero-order valence-corrected chi connectivity index (χ0v) is 16.4. The molecule has 1 fully saturated rings. The first-order valence-corrected chi connectivity index (χ1v) is 9.24. The van der Waals surface area contributed by atoms with Crippen LogP contribution in [-0.4, -0.2) is 22.9 Å². The normalized spacial score (nSPS) is 19.8. The number of benzene rings is 2. The Hall–Kier alpha value is -1.56. The third-order valence-electron chi connectivity index (χ3n) is 4.82. The van der Waals surface area contributed by atoms with E-state index in [0.29, 0.717) is 18.1 Å². The third-order valence-corrected chi connectivity index (χ3v) is 5.51. The molecule has 0 amide bonds. The molecule has 0 aromatic heterocycles. The van der Waals surface area contributed by atoms with Gasteiger partial charge >= 0.3 is 0 Å². The van der Waals surface area contributed by atoms with Crippen LogP contribution < -0.4 is 9.47 Å². The highest BCUT2D eigenvalue weighted by atomic mass is 79.9. The topological polar surface area (TPSA) is 41.9 Å². The van der Waals surface area contributed by atoms with Crippen LogP contribution in [0.15, 0.2) is 46.9 Å². The molecule has 2 aromatic rings. The summed E-state index contributed by atoms with van der Waals surface area (Å²) in [6.07, 6.45) is 1.83. The fourth-order valence-corrected chi connectivity index (χ4v) is 3.84. The van der Waals surface area contributed by atoms with E-state index in [-0.39, 0.29) is 11.6 Å². The summed E-state index contributed by atoms with van der Waals surface area (Å²) in [6, 6.07) is 13.9. The minimum atomic E-state index is -0.227. The van der Waals surface area contributed by atoms with E-state index in [0.717, 1.165) is 28.4 Å². The van der Waals surface area contributed by atoms with Gasteiger partial charge in [-0.1, -0.05) is 46.3 Å². The molecule has 2 aromatic carbocycles. The molecule has 1 aliphatic heterocycles. The van der Waals surface area contributed by atoms with Crippen LogP contribution in [0.4, 0.5) is 0 Å². The lowest BCUT2D eigenvalue weighted by atomic mass is 10.0. The minimum absolute atomic E-state index is 0.0608. The maximum absolute atomic E-state index is 10.6. The molecule has 1 N–H and O–H groups in total. The van der Waals surface area contributed by atoms with E-state index in [4.69, 9.17) is 9.47 Å². The van der Waals surface area contributed by atoms with Crippen LogP contribution in [0.3, 0.4) is 0 Å². The molecule has 1 saturated heterocycles. The standard InChI is InChI=1S/C20H24BrNO3/c1-20(2)10-9-17(22(20)23)15-11-19(18(24-3)12-16(15)21)25-13-14-7-5-4-6-8-14/h4-8,11-12,17,23H,9-10,13H2,1-3H3/t17-/m0/s1. The van der Waals surface area contributed by atoms with Crippen molar-refractivity contribution < 1.29 is 14.7 Å². The quantitative estimate of drug-likeness (QED) is 0.728. The van der Waals surface area contributed by atoms with Gasteiger partial charge in [-0.15, -0.1) is 0 Å². The van der Waals surface area contributed by atoms with Gasteiger partial charge in [0.25, 0.3) is 0 Å². The van der Waals surface area contributed by atoms with Crippen LogP contribution in [0.2, 0.25) is 0 Å². The van der Waals surface area contributed by atoms with Gasteiger partial charge in [-0.05, 0) is 49.9 Å². The molecule has 0 unspecified atom stereocenters. The number of halogens is 1. The average Bonchev–Trinajstić information content (AvgIpc) is 2.88. The average molecular weight is 406 g/mol.